The van der Waals surface area contributed by atoms with Gasteiger partial charge in [0.25, 0.3) is 0 Å². The van der Waals surface area contributed by atoms with Crippen LogP contribution >= 0.6 is 0 Å². The van der Waals surface area contributed by atoms with E-state index in [4.69, 9.17) is 13.9 Å². The molecule has 1 aromatic carbocycles. The molecule has 0 aliphatic carbocycles. The van der Waals surface area contributed by atoms with Gasteiger partial charge in [-0.15, -0.1) is 0 Å². The monoisotopic (exact) mass is 547 g/mol. The van der Waals surface area contributed by atoms with Crippen LogP contribution in [0.15, 0.2) is 58.6 Å². The molecule has 0 unspecified atom stereocenters. The zero-order chi connectivity index (χ0) is 28.4. The van der Waals surface area contributed by atoms with Gasteiger partial charge in [-0.05, 0) is 60.9 Å². The van der Waals surface area contributed by atoms with Crippen molar-refractivity contribution in [2.75, 3.05) is 13.2 Å². The van der Waals surface area contributed by atoms with Crippen LogP contribution in [0.4, 0.5) is 0 Å². The number of rotatable bonds is 21. The van der Waals surface area contributed by atoms with E-state index in [-0.39, 0.29) is 5.63 Å². The number of aromatic nitrogens is 1. The van der Waals surface area contributed by atoms with Crippen molar-refractivity contribution in [1.82, 2.24) is 4.98 Å². The number of hydrogen-bond donors (Lipinski definition) is 0. The van der Waals surface area contributed by atoms with Crippen LogP contribution in [0.3, 0.4) is 0 Å². The molecule has 5 nitrogen and oxygen atoms in total. The smallest absolute Gasteiger partial charge is 0.345 e. The van der Waals surface area contributed by atoms with Gasteiger partial charge in [0.2, 0.25) is 5.71 Å². The molecule has 0 amide bonds. The van der Waals surface area contributed by atoms with Gasteiger partial charge in [-0.2, -0.15) is 0 Å². The summed E-state index contributed by atoms with van der Waals surface area (Å²) in [5.74, 6) is 0.716. The normalized spacial score (nSPS) is 11.2. The predicted octanol–water partition coefficient (Wildman–Crippen LogP) is 9.59. The average Bonchev–Trinajstić information content (AvgIpc) is 2.97. The fourth-order valence-corrected chi connectivity index (χ4v) is 5.17. The first-order chi connectivity index (χ1) is 19.7. The van der Waals surface area contributed by atoms with Gasteiger partial charge in [0, 0.05) is 5.39 Å². The molecule has 5 heteroatoms. The summed E-state index contributed by atoms with van der Waals surface area (Å²) in [6.45, 7) is 9.39. The third-order valence-electron chi connectivity index (χ3n) is 7.52. The minimum absolute atomic E-state index is 0.347. The highest BCUT2D eigenvalue weighted by Gasteiger charge is 2.13. The summed E-state index contributed by atoms with van der Waals surface area (Å²) in [6, 6.07) is 10.3. The van der Waals surface area contributed by atoms with Gasteiger partial charge < -0.3 is 13.9 Å². The Hall–Kier alpha value is -3.08. The van der Waals surface area contributed by atoms with Crippen molar-refractivity contribution in [2.24, 2.45) is 0 Å². The summed E-state index contributed by atoms with van der Waals surface area (Å²) in [6.07, 6.45) is 21.1. The van der Waals surface area contributed by atoms with Crippen LogP contribution in [0.5, 0.6) is 5.75 Å². The first-order valence-electron chi connectivity index (χ1n) is 15.6. The van der Waals surface area contributed by atoms with Crippen LogP contribution < -0.4 is 10.4 Å². The molecule has 40 heavy (non-hydrogen) atoms. The summed E-state index contributed by atoms with van der Waals surface area (Å²) >= 11 is 0. The lowest BCUT2D eigenvalue weighted by atomic mass is 9.95. The second-order valence-electron chi connectivity index (χ2n) is 10.7. The largest absolute Gasteiger partial charge is 0.502 e. The molecule has 0 N–H and O–H groups in total. The Bertz CT molecular complexity index is 1220. The zero-order valence-electron chi connectivity index (χ0n) is 24.8. The van der Waals surface area contributed by atoms with E-state index < -0.39 is 0 Å². The number of nitrogens with zero attached hydrogens (tertiary/aromatic N) is 1. The Morgan fingerprint density at radius 1 is 0.825 bits per heavy atom. The summed E-state index contributed by atoms with van der Waals surface area (Å²) in [4.78, 5) is 17.2. The predicted molar refractivity (Wildman–Crippen MR) is 166 cm³/mol. The van der Waals surface area contributed by atoms with E-state index in [2.05, 4.69) is 43.6 Å². The maximum Gasteiger partial charge on any atom is 0.345 e. The summed E-state index contributed by atoms with van der Waals surface area (Å²) in [7, 11) is 0. The standard InChI is InChI=1S/C35H49NO4/c1-4-7-16-19-28-20-21-32(29(5-2)24-28)33-26-30-25-31(27-36-34(30)40-35(33)37)39-23-18-15-13-11-9-8-10-12-14-17-22-38-6-3/h6,20-21,24-27H,3-5,7-19,22-23H2,1-2H3. The van der Waals surface area contributed by atoms with E-state index in [1.54, 1.807) is 6.20 Å². The number of aryl methyl sites for hydroxylation is 2. The van der Waals surface area contributed by atoms with Gasteiger partial charge in [0.1, 0.15) is 5.75 Å². The number of fused-ring (bicyclic) bond motifs is 1. The minimum atomic E-state index is -0.347. The molecule has 0 bridgehead atoms. The molecule has 0 aliphatic rings. The van der Waals surface area contributed by atoms with Crippen molar-refractivity contribution in [3.8, 4) is 16.9 Å². The Morgan fingerprint density at radius 3 is 2.20 bits per heavy atom. The van der Waals surface area contributed by atoms with Gasteiger partial charge >= 0.3 is 5.63 Å². The van der Waals surface area contributed by atoms with Crippen LogP contribution in [-0.2, 0) is 17.6 Å². The van der Waals surface area contributed by atoms with E-state index in [1.807, 2.05) is 12.1 Å². The molecular weight excluding hydrogens is 498 g/mol. The van der Waals surface area contributed by atoms with E-state index in [9.17, 15) is 4.79 Å². The molecule has 2 aromatic heterocycles. The molecule has 0 spiro atoms. The molecule has 0 fully saturated rings. The highest BCUT2D eigenvalue weighted by molar-refractivity contribution is 5.81. The molecule has 0 aliphatic heterocycles. The summed E-state index contributed by atoms with van der Waals surface area (Å²) in [5.41, 5.74) is 4.04. The quantitative estimate of drug-likeness (QED) is 0.0981. The zero-order valence-corrected chi connectivity index (χ0v) is 24.8. The number of pyridine rings is 1. The molecule has 0 saturated carbocycles. The number of unbranched alkanes of at least 4 members (excludes halogenated alkanes) is 11. The average molecular weight is 548 g/mol. The maximum absolute atomic E-state index is 12.9. The van der Waals surface area contributed by atoms with Crippen molar-refractivity contribution in [3.63, 3.8) is 0 Å². The minimum Gasteiger partial charge on any atom is -0.502 e. The van der Waals surface area contributed by atoms with Crippen LogP contribution in [-0.4, -0.2) is 18.2 Å². The van der Waals surface area contributed by atoms with Gasteiger partial charge in [0.05, 0.1) is 31.2 Å². The molecule has 2 heterocycles. The third-order valence-corrected chi connectivity index (χ3v) is 7.52. The first-order valence-corrected chi connectivity index (χ1v) is 15.6. The van der Waals surface area contributed by atoms with Gasteiger partial charge in [-0.25, -0.2) is 9.78 Å². The van der Waals surface area contributed by atoms with Gasteiger partial charge in [-0.3, -0.25) is 0 Å². The van der Waals surface area contributed by atoms with Crippen LogP contribution in [0, 0.1) is 0 Å². The molecule has 0 atom stereocenters. The van der Waals surface area contributed by atoms with Gasteiger partial charge in [0.15, 0.2) is 0 Å². The lowest BCUT2D eigenvalue weighted by Crippen LogP contribution is -2.06. The Kier molecular flexibility index (Phi) is 14.4. The van der Waals surface area contributed by atoms with Crippen LogP contribution in [0.25, 0.3) is 22.2 Å². The number of hydrogen-bond acceptors (Lipinski definition) is 5. The topological polar surface area (TPSA) is 61.6 Å². The Morgan fingerprint density at radius 2 is 1.52 bits per heavy atom. The molecule has 0 saturated heterocycles. The lowest BCUT2D eigenvalue weighted by molar-refractivity contribution is 0.241. The fraction of sp³-hybridized carbons (Fsp3) is 0.543. The number of ether oxygens (including phenoxy) is 2. The highest BCUT2D eigenvalue weighted by Crippen LogP contribution is 2.27. The molecule has 0 radical (unpaired) electrons. The first kappa shape index (κ1) is 31.4. The van der Waals surface area contributed by atoms with Gasteiger partial charge in [-0.1, -0.05) is 103 Å². The van der Waals surface area contributed by atoms with Crippen LogP contribution in [0.1, 0.15) is 108 Å². The molecule has 218 valence electrons. The molecular formula is C35H49NO4. The summed E-state index contributed by atoms with van der Waals surface area (Å²) < 4.78 is 16.8. The van der Waals surface area contributed by atoms with Crippen LogP contribution in [0.2, 0.25) is 0 Å². The Labute approximate surface area is 241 Å². The lowest BCUT2D eigenvalue weighted by Gasteiger charge is -2.11. The van der Waals surface area contributed by atoms with E-state index in [0.29, 0.717) is 23.6 Å². The summed E-state index contributed by atoms with van der Waals surface area (Å²) in [5, 5.41) is 0.786. The molecule has 3 rings (SSSR count). The highest BCUT2D eigenvalue weighted by atomic mass is 16.5. The fourth-order valence-electron chi connectivity index (χ4n) is 5.17. The van der Waals surface area contributed by atoms with Crippen molar-refractivity contribution in [1.29, 1.82) is 0 Å². The second kappa shape index (κ2) is 18.3. The van der Waals surface area contributed by atoms with Crippen molar-refractivity contribution >= 4 is 11.1 Å². The van der Waals surface area contributed by atoms with Crippen molar-refractivity contribution < 1.29 is 13.9 Å². The maximum atomic E-state index is 12.9. The van der Waals surface area contributed by atoms with E-state index in [1.165, 1.54) is 88.0 Å². The van der Waals surface area contributed by atoms with Crippen molar-refractivity contribution in [3.05, 3.63) is 70.9 Å². The SMILES string of the molecule is C=COCCCCCCCCCCCCOc1cnc2oc(=O)c(-c3ccc(CCCCC)cc3CC)cc2c1. The van der Waals surface area contributed by atoms with E-state index in [0.717, 1.165) is 43.2 Å². The van der Waals surface area contributed by atoms with Crippen molar-refractivity contribution in [2.45, 2.75) is 110 Å². The number of benzene rings is 1. The Balaban J connectivity index is 1.46. The third kappa shape index (κ3) is 10.5. The molecule has 3 aromatic rings. The second-order valence-corrected chi connectivity index (χ2v) is 10.7. The van der Waals surface area contributed by atoms with E-state index >= 15 is 0 Å².